The van der Waals surface area contributed by atoms with E-state index in [0.717, 1.165) is 12.1 Å². The lowest BCUT2D eigenvalue weighted by molar-refractivity contribution is -0.385. The van der Waals surface area contributed by atoms with E-state index in [2.05, 4.69) is 25.9 Å². The molecule has 9 heteroatoms. The first-order valence-corrected chi connectivity index (χ1v) is 6.36. The summed E-state index contributed by atoms with van der Waals surface area (Å²) < 4.78 is 18.7. The molecule has 0 bridgehead atoms. The van der Waals surface area contributed by atoms with Crippen LogP contribution in [0, 0.1) is 22.9 Å². The van der Waals surface area contributed by atoms with Crippen LogP contribution < -0.4 is 4.74 Å². The number of halogens is 3. The average Bonchev–Trinajstić information content (AvgIpc) is 2.31. The fraction of sp³-hybridized carbons (Fsp3) is 0.0909. The molecule has 0 N–H and O–H groups in total. The molecule has 1 aromatic heterocycles. The molecule has 0 saturated heterocycles. The van der Waals surface area contributed by atoms with E-state index in [0.29, 0.717) is 5.69 Å². The van der Waals surface area contributed by atoms with E-state index in [9.17, 15) is 14.5 Å². The van der Waals surface area contributed by atoms with Crippen molar-refractivity contribution in [3.8, 4) is 11.6 Å². The van der Waals surface area contributed by atoms with Crippen molar-refractivity contribution < 1.29 is 14.1 Å². The predicted octanol–water partition coefficient (Wildman–Crippen LogP) is 4.04. The number of aryl methyl sites for hydroxylation is 1. The molecule has 20 heavy (non-hydrogen) atoms. The highest BCUT2D eigenvalue weighted by atomic mass is 79.9. The smallest absolute Gasteiger partial charge is 0.312 e. The summed E-state index contributed by atoms with van der Waals surface area (Å²) in [6.07, 6.45) is 0. The number of nitro benzene ring substituents is 1. The molecule has 0 radical (unpaired) electrons. The van der Waals surface area contributed by atoms with E-state index in [-0.39, 0.29) is 21.4 Å². The summed E-state index contributed by atoms with van der Waals surface area (Å²) in [6.45, 7) is 1.65. The van der Waals surface area contributed by atoms with Gasteiger partial charge in [-0.3, -0.25) is 10.1 Å². The zero-order valence-electron chi connectivity index (χ0n) is 9.93. The molecule has 2 aromatic rings. The molecule has 0 aliphatic carbocycles. The summed E-state index contributed by atoms with van der Waals surface area (Å²) in [7, 11) is 0. The van der Waals surface area contributed by atoms with Gasteiger partial charge in [-0.15, -0.1) is 0 Å². The summed E-state index contributed by atoms with van der Waals surface area (Å²) >= 11 is 8.53. The van der Waals surface area contributed by atoms with Gasteiger partial charge in [-0.1, -0.05) is 0 Å². The molecule has 0 fully saturated rings. The first kappa shape index (κ1) is 14.6. The molecule has 0 atom stereocenters. The summed E-state index contributed by atoms with van der Waals surface area (Å²) in [5, 5.41) is 10.9. The number of rotatable bonds is 3. The number of benzene rings is 1. The van der Waals surface area contributed by atoms with Gasteiger partial charge in [-0.2, -0.15) is 4.98 Å². The van der Waals surface area contributed by atoms with E-state index < -0.39 is 16.4 Å². The van der Waals surface area contributed by atoms with Crippen LogP contribution in [0.15, 0.2) is 22.7 Å². The van der Waals surface area contributed by atoms with E-state index >= 15 is 0 Å². The average molecular weight is 363 g/mol. The first-order chi connectivity index (χ1) is 9.36. The Morgan fingerprint density at radius 2 is 2.10 bits per heavy atom. The number of nitro groups is 1. The summed E-state index contributed by atoms with van der Waals surface area (Å²) in [6, 6.07) is 3.34. The monoisotopic (exact) mass is 361 g/mol. The minimum Gasteiger partial charge on any atom is -0.432 e. The Morgan fingerprint density at radius 1 is 1.40 bits per heavy atom. The van der Waals surface area contributed by atoms with Crippen LogP contribution >= 0.6 is 27.5 Å². The SMILES string of the molecule is Cc1cc(Oc2cc(F)c(Br)cc2[N+](=O)[O-])nc(Cl)n1. The topological polar surface area (TPSA) is 78.2 Å². The highest BCUT2D eigenvalue weighted by Crippen LogP contribution is 2.35. The Balaban J connectivity index is 2.47. The Bertz CT molecular complexity index is 679. The van der Waals surface area contributed by atoms with Gasteiger partial charge in [0.2, 0.25) is 16.9 Å². The van der Waals surface area contributed by atoms with Gasteiger partial charge < -0.3 is 4.74 Å². The molecule has 2 rings (SSSR count). The highest BCUT2D eigenvalue weighted by molar-refractivity contribution is 9.10. The van der Waals surface area contributed by atoms with E-state index in [1.807, 2.05) is 0 Å². The standard InChI is InChI=1S/C11H6BrClFN3O3/c1-5-2-10(16-11(13)15-5)20-9-4-7(14)6(12)3-8(9)17(18)19/h2-4H,1H3. The number of hydrogen-bond acceptors (Lipinski definition) is 5. The van der Waals surface area contributed by atoms with Crippen LogP contribution in [0.5, 0.6) is 11.6 Å². The molecule has 104 valence electrons. The van der Waals surface area contributed by atoms with Crippen LogP contribution in [-0.2, 0) is 0 Å². The lowest BCUT2D eigenvalue weighted by atomic mass is 10.3. The molecule has 0 spiro atoms. The van der Waals surface area contributed by atoms with Gasteiger partial charge in [0.05, 0.1) is 9.40 Å². The van der Waals surface area contributed by atoms with Crippen molar-refractivity contribution >= 4 is 33.2 Å². The minimum atomic E-state index is -0.692. The second-order valence-corrected chi connectivity index (χ2v) is 4.90. The summed E-state index contributed by atoms with van der Waals surface area (Å²) in [5.74, 6) is -0.973. The second kappa shape index (κ2) is 5.68. The second-order valence-electron chi connectivity index (χ2n) is 3.71. The Kier molecular flexibility index (Phi) is 4.15. The third-order valence-electron chi connectivity index (χ3n) is 2.22. The molecule has 0 unspecified atom stereocenters. The molecular weight excluding hydrogens is 356 g/mol. The van der Waals surface area contributed by atoms with Crippen molar-refractivity contribution in [1.82, 2.24) is 9.97 Å². The Morgan fingerprint density at radius 3 is 2.70 bits per heavy atom. The molecule has 1 aromatic carbocycles. The van der Waals surface area contributed by atoms with Gasteiger partial charge >= 0.3 is 5.69 Å². The number of nitrogens with zero attached hydrogens (tertiary/aromatic N) is 3. The Hall–Kier alpha value is -1.80. The number of ether oxygens (including phenoxy) is 1. The first-order valence-electron chi connectivity index (χ1n) is 5.19. The maximum absolute atomic E-state index is 13.5. The van der Waals surface area contributed by atoms with E-state index in [4.69, 9.17) is 16.3 Å². The quantitative estimate of drug-likeness (QED) is 0.468. The summed E-state index contributed by atoms with van der Waals surface area (Å²) in [5.41, 5.74) is 0.117. The van der Waals surface area contributed by atoms with Crippen LogP contribution in [0.2, 0.25) is 5.28 Å². The molecule has 0 aliphatic rings. The van der Waals surface area contributed by atoms with Gasteiger partial charge in [0, 0.05) is 23.9 Å². The highest BCUT2D eigenvalue weighted by Gasteiger charge is 2.20. The number of hydrogen-bond donors (Lipinski definition) is 0. The van der Waals surface area contributed by atoms with Gasteiger partial charge in [0.1, 0.15) is 5.82 Å². The van der Waals surface area contributed by atoms with Crippen molar-refractivity contribution in [2.45, 2.75) is 6.92 Å². The normalized spacial score (nSPS) is 10.4. The van der Waals surface area contributed by atoms with Crippen molar-refractivity contribution in [3.05, 3.63) is 49.6 Å². The van der Waals surface area contributed by atoms with Crippen LogP contribution in [0.4, 0.5) is 10.1 Å². The van der Waals surface area contributed by atoms with Crippen LogP contribution in [0.25, 0.3) is 0 Å². The van der Waals surface area contributed by atoms with Crippen LogP contribution in [0.3, 0.4) is 0 Å². The molecule has 6 nitrogen and oxygen atoms in total. The van der Waals surface area contributed by atoms with Gasteiger partial charge in [0.25, 0.3) is 0 Å². The fourth-order valence-corrected chi connectivity index (χ4v) is 1.96. The van der Waals surface area contributed by atoms with E-state index in [1.165, 1.54) is 6.07 Å². The van der Waals surface area contributed by atoms with Gasteiger partial charge in [0.15, 0.2) is 0 Å². The molecule has 0 saturated carbocycles. The lowest BCUT2D eigenvalue weighted by Gasteiger charge is -2.07. The zero-order chi connectivity index (χ0) is 14.9. The largest absolute Gasteiger partial charge is 0.432 e. The fourth-order valence-electron chi connectivity index (χ4n) is 1.41. The Labute approximate surface area is 125 Å². The van der Waals surface area contributed by atoms with Gasteiger partial charge in [-0.25, -0.2) is 9.37 Å². The number of aromatic nitrogens is 2. The molecular formula is C11H6BrClFN3O3. The molecule has 0 aliphatic heterocycles. The third-order valence-corrected chi connectivity index (χ3v) is 2.99. The van der Waals surface area contributed by atoms with Crippen molar-refractivity contribution in [3.63, 3.8) is 0 Å². The minimum absolute atomic E-state index is 0.00711. The zero-order valence-corrected chi connectivity index (χ0v) is 12.3. The van der Waals surface area contributed by atoms with E-state index in [1.54, 1.807) is 6.92 Å². The summed E-state index contributed by atoms with van der Waals surface area (Å²) in [4.78, 5) is 17.8. The lowest BCUT2D eigenvalue weighted by Crippen LogP contribution is -1.97. The maximum atomic E-state index is 13.5. The van der Waals surface area contributed by atoms with Crippen LogP contribution in [-0.4, -0.2) is 14.9 Å². The third kappa shape index (κ3) is 3.20. The maximum Gasteiger partial charge on any atom is 0.312 e. The van der Waals surface area contributed by atoms with Crippen LogP contribution in [0.1, 0.15) is 5.69 Å². The van der Waals surface area contributed by atoms with Gasteiger partial charge in [-0.05, 0) is 34.5 Å². The van der Waals surface area contributed by atoms with Crippen molar-refractivity contribution in [1.29, 1.82) is 0 Å². The predicted molar refractivity (Wildman–Crippen MR) is 72.6 cm³/mol. The molecule has 1 heterocycles. The van der Waals surface area contributed by atoms with Crippen molar-refractivity contribution in [2.75, 3.05) is 0 Å². The molecule has 0 amide bonds. The van der Waals surface area contributed by atoms with Crippen molar-refractivity contribution in [2.24, 2.45) is 0 Å².